The van der Waals surface area contributed by atoms with E-state index in [0.717, 1.165) is 22.4 Å². The van der Waals surface area contributed by atoms with E-state index in [0.29, 0.717) is 5.88 Å². The van der Waals surface area contributed by atoms with Gasteiger partial charge >= 0.3 is 0 Å². The molecule has 0 aliphatic rings. The molecule has 1 N–H and O–H groups in total. The molecule has 0 unspecified atom stereocenters. The summed E-state index contributed by atoms with van der Waals surface area (Å²) in [7, 11) is 1.62. The number of carbonyl (C=O) groups excluding carboxylic acids is 1. The molecule has 0 atom stereocenters. The molecule has 0 bridgehead atoms. The minimum Gasteiger partial charge on any atom is -0.358 e. The van der Waals surface area contributed by atoms with Crippen LogP contribution in [0.3, 0.4) is 0 Å². The van der Waals surface area contributed by atoms with Crippen LogP contribution in [0.4, 0.5) is 0 Å². The number of fused-ring (bicyclic) bond motifs is 1. The third kappa shape index (κ3) is 2.13. The highest BCUT2D eigenvalue weighted by Gasteiger charge is 2.13. The minimum atomic E-state index is -0.0582. The Kier molecular flexibility index (Phi) is 3.33. The summed E-state index contributed by atoms with van der Waals surface area (Å²) in [5, 5.41) is 2.60. The number of aromatic nitrogens is 2. The Labute approximate surface area is 105 Å². The van der Waals surface area contributed by atoms with Gasteiger partial charge in [-0.25, -0.2) is 4.98 Å². The number of imidazole rings is 1. The maximum absolute atomic E-state index is 11.5. The molecule has 1 heterocycles. The first-order chi connectivity index (χ1) is 8.17. The van der Waals surface area contributed by atoms with Crippen LogP contribution >= 0.6 is 11.6 Å². The first-order valence-corrected chi connectivity index (χ1v) is 5.92. The number of amides is 1. The van der Waals surface area contributed by atoms with Crippen molar-refractivity contribution in [2.75, 3.05) is 7.05 Å². The fraction of sp³-hybridized carbons (Fsp3) is 0.333. The summed E-state index contributed by atoms with van der Waals surface area (Å²) in [6.45, 7) is 2.25. The van der Waals surface area contributed by atoms with E-state index in [-0.39, 0.29) is 12.5 Å². The number of rotatable bonds is 3. The van der Waals surface area contributed by atoms with Crippen molar-refractivity contribution in [1.29, 1.82) is 0 Å². The molecule has 0 saturated heterocycles. The molecule has 1 aromatic carbocycles. The van der Waals surface area contributed by atoms with Gasteiger partial charge in [-0.05, 0) is 18.6 Å². The number of nitrogens with zero attached hydrogens (tertiary/aromatic N) is 2. The Morgan fingerprint density at radius 3 is 2.94 bits per heavy atom. The van der Waals surface area contributed by atoms with Gasteiger partial charge in [0.2, 0.25) is 5.91 Å². The zero-order chi connectivity index (χ0) is 12.4. The molecule has 17 heavy (non-hydrogen) atoms. The SMILES string of the molecule is CNC(=O)Cn1c(CCl)nc2c(C)cccc21. The molecule has 1 amide bonds. The summed E-state index contributed by atoms with van der Waals surface area (Å²) < 4.78 is 1.86. The Morgan fingerprint density at radius 2 is 2.29 bits per heavy atom. The van der Waals surface area contributed by atoms with Gasteiger partial charge in [-0.2, -0.15) is 0 Å². The highest BCUT2D eigenvalue weighted by atomic mass is 35.5. The first kappa shape index (κ1) is 11.9. The molecule has 0 aliphatic carbocycles. The minimum absolute atomic E-state index is 0.0582. The monoisotopic (exact) mass is 251 g/mol. The average Bonchev–Trinajstić information content (AvgIpc) is 2.69. The van der Waals surface area contributed by atoms with E-state index in [1.54, 1.807) is 7.05 Å². The van der Waals surface area contributed by atoms with Crippen molar-refractivity contribution in [3.63, 3.8) is 0 Å². The largest absolute Gasteiger partial charge is 0.358 e. The number of aryl methyl sites for hydroxylation is 1. The van der Waals surface area contributed by atoms with Gasteiger partial charge in [-0.1, -0.05) is 12.1 Å². The first-order valence-electron chi connectivity index (χ1n) is 5.38. The second-order valence-corrected chi connectivity index (χ2v) is 4.13. The van der Waals surface area contributed by atoms with Gasteiger partial charge in [0.05, 0.1) is 16.9 Å². The lowest BCUT2D eigenvalue weighted by atomic mass is 10.2. The molecular formula is C12H14ClN3O. The van der Waals surface area contributed by atoms with Crippen LogP contribution in [-0.2, 0) is 17.2 Å². The van der Waals surface area contributed by atoms with Crippen molar-refractivity contribution < 1.29 is 4.79 Å². The molecule has 1 aromatic heterocycles. The molecule has 0 radical (unpaired) electrons. The fourth-order valence-corrected chi connectivity index (χ4v) is 2.04. The van der Waals surface area contributed by atoms with Gasteiger partial charge in [-0.3, -0.25) is 4.79 Å². The van der Waals surface area contributed by atoms with E-state index in [2.05, 4.69) is 10.3 Å². The van der Waals surface area contributed by atoms with Crippen LogP contribution in [0, 0.1) is 6.92 Å². The number of likely N-dealkylation sites (N-methyl/N-ethyl adjacent to an activating group) is 1. The summed E-state index contributed by atoms with van der Waals surface area (Å²) in [5.41, 5.74) is 2.95. The number of carbonyl (C=O) groups is 1. The standard InChI is InChI=1S/C12H14ClN3O/c1-8-4-3-5-9-12(8)15-10(6-13)16(9)7-11(17)14-2/h3-5H,6-7H2,1-2H3,(H,14,17). The van der Waals surface area contributed by atoms with E-state index < -0.39 is 0 Å². The van der Waals surface area contributed by atoms with E-state index in [1.807, 2.05) is 29.7 Å². The third-order valence-electron chi connectivity index (χ3n) is 2.76. The van der Waals surface area contributed by atoms with Crippen molar-refractivity contribution in [3.05, 3.63) is 29.6 Å². The van der Waals surface area contributed by atoms with Gasteiger partial charge in [0.1, 0.15) is 12.4 Å². The lowest BCUT2D eigenvalue weighted by Crippen LogP contribution is -2.24. The van der Waals surface area contributed by atoms with Crippen molar-refractivity contribution in [2.24, 2.45) is 0 Å². The number of para-hydroxylation sites is 1. The highest BCUT2D eigenvalue weighted by molar-refractivity contribution is 6.16. The quantitative estimate of drug-likeness (QED) is 0.846. The zero-order valence-corrected chi connectivity index (χ0v) is 10.6. The van der Waals surface area contributed by atoms with Crippen LogP contribution in [0.25, 0.3) is 11.0 Å². The van der Waals surface area contributed by atoms with E-state index in [9.17, 15) is 4.79 Å². The van der Waals surface area contributed by atoms with Crippen LogP contribution in [0.5, 0.6) is 0 Å². The number of hydrogen-bond donors (Lipinski definition) is 1. The van der Waals surface area contributed by atoms with E-state index in [4.69, 9.17) is 11.6 Å². The Balaban J connectivity index is 2.58. The maximum Gasteiger partial charge on any atom is 0.239 e. The normalized spacial score (nSPS) is 10.8. The molecule has 90 valence electrons. The van der Waals surface area contributed by atoms with Gasteiger partial charge in [0.25, 0.3) is 0 Å². The van der Waals surface area contributed by atoms with Crippen LogP contribution in [-0.4, -0.2) is 22.5 Å². The summed E-state index contributed by atoms with van der Waals surface area (Å²) >= 11 is 5.87. The van der Waals surface area contributed by atoms with Crippen LogP contribution in [0.15, 0.2) is 18.2 Å². The number of halogens is 1. The van der Waals surface area contributed by atoms with Gasteiger partial charge in [-0.15, -0.1) is 11.6 Å². The molecule has 2 aromatic rings. The zero-order valence-electron chi connectivity index (χ0n) is 9.83. The molecule has 0 spiro atoms. The third-order valence-corrected chi connectivity index (χ3v) is 3.00. The maximum atomic E-state index is 11.5. The predicted octanol–water partition coefficient (Wildman–Crippen LogP) is 1.83. The van der Waals surface area contributed by atoms with Crippen LogP contribution in [0.2, 0.25) is 0 Å². The van der Waals surface area contributed by atoms with Crippen LogP contribution in [0.1, 0.15) is 11.4 Å². The number of hydrogen-bond acceptors (Lipinski definition) is 2. The van der Waals surface area contributed by atoms with Gasteiger partial charge in [0.15, 0.2) is 0 Å². The molecular weight excluding hydrogens is 238 g/mol. The molecule has 5 heteroatoms. The second kappa shape index (κ2) is 4.75. The smallest absolute Gasteiger partial charge is 0.239 e. The summed E-state index contributed by atoms with van der Waals surface area (Å²) in [5.74, 6) is 0.960. The van der Waals surface area contributed by atoms with E-state index in [1.165, 1.54) is 0 Å². The number of benzene rings is 1. The van der Waals surface area contributed by atoms with Gasteiger partial charge in [0, 0.05) is 7.05 Å². The summed E-state index contributed by atoms with van der Waals surface area (Å²) in [4.78, 5) is 15.9. The fourth-order valence-electron chi connectivity index (χ4n) is 1.84. The van der Waals surface area contributed by atoms with Crippen molar-refractivity contribution >= 4 is 28.5 Å². The lowest BCUT2D eigenvalue weighted by molar-refractivity contribution is -0.121. The summed E-state index contributed by atoms with van der Waals surface area (Å²) in [6, 6.07) is 5.91. The number of nitrogens with one attached hydrogen (secondary N) is 1. The predicted molar refractivity (Wildman–Crippen MR) is 68.1 cm³/mol. The topological polar surface area (TPSA) is 46.9 Å². The summed E-state index contributed by atoms with van der Waals surface area (Å²) in [6.07, 6.45) is 0. The lowest BCUT2D eigenvalue weighted by Gasteiger charge is -2.06. The highest BCUT2D eigenvalue weighted by Crippen LogP contribution is 2.20. The Hall–Kier alpha value is -1.55. The van der Waals surface area contributed by atoms with Crippen LogP contribution < -0.4 is 5.32 Å². The Bertz CT molecular complexity index is 562. The molecule has 0 fully saturated rings. The molecule has 4 nitrogen and oxygen atoms in total. The van der Waals surface area contributed by atoms with Crippen molar-refractivity contribution in [2.45, 2.75) is 19.3 Å². The Morgan fingerprint density at radius 1 is 1.53 bits per heavy atom. The van der Waals surface area contributed by atoms with Gasteiger partial charge < -0.3 is 9.88 Å². The van der Waals surface area contributed by atoms with E-state index >= 15 is 0 Å². The molecule has 2 rings (SSSR count). The van der Waals surface area contributed by atoms with Crippen molar-refractivity contribution in [3.8, 4) is 0 Å². The second-order valence-electron chi connectivity index (χ2n) is 3.86. The average molecular weight is 252 g/mol. The molecule has 0 saturated carbocycles. The molecule has 0 aliphatic heterocycles. The van der Waals surface area contributed by atoms with Crippen molar-refractivity contribution in [1.82, 2.24) is 14.9 Å². The number of alkyl halides is 1.